The monoisotopic (exact) mass is 243 g/mol. The first kappa shape index (κ1) is 12.6. The third kappa shape index (κ3) is 2.68. The first-order valence-corrected chi connectivity index (χ1v) is 6.11. The molecule has 0 aliphatic rings. The van der Waals surface area contributed by atoms with Crippen LogP contribution < -0.4 is 4.74 Å². The quantitative estimate of drug-likeness (QED) is 0.893. The van der Waals surface area contributed by atoms with Crippen LogP contribution in [0.15, 0.2) is 42.6 Å². The SMILES string of the molecule is CCc1ccccc1Oc1ncccc1[C@@H](C)O. The number of aliphatic hydroxyl groups is 1. The van der Waals surface area contributed by atoms with Crippen LogP contribution in [-0.2, 0) is 6.42 Å². The summed E-state index contributed by atoms with van der Waals surface area (Å²) in [5, 5.41) is 9.69. The second-order valence-electron chi connectivity index (χ2n) is 4.14. The molecule has 0 saturated carbocycles. The molecule has 0 unspecified atom stereocenters. The van der Waals surface area contributed by atoms with Gasteiger partial charge in [0.2, 0.25) is 5.88 Å². The van der Waals surface area contributed by atoms with Crippen LogP contribution in [0.2, 0.25) is 0 Å². The molecule has 0 saturated heterocycles. The van der Waals surface area contributed by atoms with Gasteiger partial charge in [0.15, 0.2) is 0 Å². The van der Waals surface area contributed by atoms with Crippen molar-refractivity contribution in [2.24, 2.45) is 0 Å². The molecule has 0 aliphatic carbocycles. The molecule has 0 bridgehead atoms. The molecule has 2 aromatic rings. The van der Waals surface area contributed by atoms with E-state index in [1.165, 1.54) is 0 Å². The van der Waals surface area contributed by atoms with E-state index in [9.17, 15) is 5.11 Å². The van der Waals surface area contributed by atoms with Crippen molar-refractivity contribution < 1.29 is 9.84 Å². The summed E-state index contributed by atoms with van der Waals surface area (Å²) < 4.78 is 5.82. The lowest BCUT2D eigenvalue weighted by atomic mass is 10.1. The van der Waals surface area contributed by atoms with Crippen molar-refractivity contribution in [1.82, 2.24) is 4.98 Å². The number of hydrogen-bond acceptors (Lipinski definition) is 3. The predicted octanol–water partition coefficient (Wildman–Crippen LogP) is 3.49. The summed E-state index contributed by atoms with van der Waals surface area (Å²) in [6, 6.07) is 11.5. The van der Waals surface area contributed by atoms with Crippen molar-refractivity contribution in [3.05, 3.63) is 53.7 Å². The minimum Gasteiger partial charge on any atom is -0.438 e. The van der Waals surface area contributed by atoms with E-state index >= 15 is 0 Å². The normalized spacial score (nSPS) is 12.2. The summed E-state index contributed by atoms with van der Waals surface area (Å²) in [4.78, 5) is 4.19. The van der Waals surface area contributed by atoms with Crippen LogP contribution in [0.25, 0.3) is 0 Å². The zero-order valence-corrected chi connectivity index (χ0v) is 10.6. The van der Waals surface area contributed by atoms with E-state index in [2.05, 4.69) is 11.9 Å². The zero-order chi connectivity index (χ0) is 13.0. The van der Waals surface area contributed by atoms with E-state index in [4.69, 9.17) is 4.74 Å². The van der Waals surface area contributed by atoms with Gasteiger partial charge in [-0.15, -0.1) is 0 Å². The van der Waals surface area contributed by atoms with Crippen molar-refractivity contribution >= 4 is 0 Å². The second kappa shape index (κ2) is 5.65. The molecule has 1 aromatic heterocycles. The second-order valence-corrected chi connectivity index (χ2v) is 4.14. The van der Waals surface area contributed by atoms with Gasteiger partial charge >= 0.3 is 0 Å². The van der Waals surface area contributed by atoms with Gasteiger partial charge in [-0.1, -0.05) is 25.1 Å². The average molecular weight is 243 g/mol. The van der Waals surface area contributed by atoms with Crippen LogP contribution in [0.3, 0.4) is 0 Å². The Morgan fingerprint density at radius 2 is 2.00 bits per heavy atom. The maximum absolute atomic E-state index is 9.69. The molecule has 1 N–H and O–H groups in total. The zero-order valence-electron chi connectivity index (χ0n) is 10.6. The van der Waals surface area contributed by atoms with Gasteiger partial charge in [0, 0.05) is 11.8 Å². The molecule has 94 valence electrons. The van der Waals surface area contributed by atoms with Crippen LogP contribution >= 0.6 is 0 Å². The molecule has 0 amide bonds. The fourth-order valence-electron chi connectivity index (χ4n) is 1.81. The van der Waals surface area contributed by atoms with Crippen molar-refractivity contribution in [3.8, 4) is 11.6 Å². The molecular weight excluding hydrogens is 226 g/mol. The van der Waals surface area contributed by atoms with Crippen molar-refractivity contribution in [2.75, 3.05) is 0 Å². The van der Waals surface area contributed by atoms with Gasteiger partial charge in [-0.25, -0.2) is 4.98 Å². The molecule has 18 heavy (non-hydrogen) atoms. The number of aryl methyl sites for hydroxylation is 1. The molecule has 3 nitrogen and oxygen atoms in total. The highest BCUT2D eigenvalue weighted by atomic mass is 16.5. The molecule has 0 aliphatic heterocycles. The van der Waals surface area contributed by atoms with E-state index in [-0.39, 0.29) is 0 Å². The molecule has 0 radical (unpaired) electrons. The van der Waals surface area contributed by atoms with Gasteiger partial charge in [-0.3, -0.25) is 0 Å². The fourth-order valence-corrected chi connectivity index (χ4v) is 1.81. The Kier molecular flexibility index (Phi) is 3.95. The smallest absolute Gasteiger partial charge is 0.225 e. The lowest BCUT2D eigenvalue weighted by molar-refractivity contribution is 0.194. The number of aliphatic hydroxyl groups excluding tert-OH is 1. The fraction of sp³-hybridized carbons (Fsp3) is 0.267. The molecule has 1 heterocycles. The largest absolute Gasteiger partial charge is 0.438 e. The molecule has 0 spiro atoms. The van der Waals surface area contributed by atoms with Crippen molar-refractivity contribution in [2.45, 2.75) is 26.4 Å². The molecular formula is C15H17NO2. The Morgan fingerprint density at radius 1 is 1.22 bits per heavy atom. The lowest BCUT2D eigenvalue weighted by Crippen LogP contribution is -1.99. The van der Waals surface area contributed by atoms with Crippen molar-refractivity contribution in [3.63, 3.8) is 0 Å². The number of hydrogen-bond donors (Lipinski definition) is 1. The maximum atomic E-state index is 9.69. The van der Waals surface area contributed by atoms with E-state index in [0.29, 0.717) is 11.4 Å². The number of para-hydroxylation sites is 1. The van der Waals surface area contributed by atoms with Gasteiger partial charge in [-0.2, -0.15) is 0 Å². The van der Waals surface area contributed by atoms with Crippen molar-refractivity contribution in [1.29, 1.82) is 0 Å². The highest BCUT2D eigenvalue weighted by Crippen LogP contribution is 2.29. The summed E-state index contributed by atoms with van der Waals surface area (Å²) in [6.07, 6.45) is 1.96. The molecule has 3 heteroatoms. The van der Waals surface area contributed by atoms with Crippen LogP contribution in [0.1, 0.15) is 31.1 Å². The van der Waals surface area contributed by atoms with Gasteiger partial charge in [0.1, 0.15) is 5.75 Å². The summed E-state index contributed by atoms with van der Waals surface area (Å²) in [6.45, 7) is 3.78. The van der Waals surface area contributed by atoms with E-state index < -0.39 is 6.10 Å². The summed E-state index contributed by atoms with van der Waals surface area (Å²) in [7, 11) is 0. The van der Waals surface area contributed by atoms with Gasteiger partial charge in [-0.05, 0) is 37.1 Å². The third-order valence-electron chi connectivity index (χ3n) is 2.81. The van der Waals surface area contributed by atoms with Crippen LogP contribution in [0, 0.1) is 0 Å². The standard InChI is InChI=1S/C15H17NO2/c1-3-12-7-4-5-9-14(12)18-15-13(11(2)17)8-6-10-16-15/h4-11,17H,3H2,1-2H3/t11-/m1/s1. The van der Waals surface area contributed by atoms with Crippen LogP contribution in [-0.4, -0.2) is 10.1 Å². The van der Waals surface area contributed by atoms with E-state index in [1.54, 1.807) is 19.2 Å². The van der Waals surface area contributed by atoms with Crippen LogP contribution in [0.5, 0.6) is 11.6 Å². The number of pyridine rings is 1. The Morgan fingerprint density at radius 3 is 2.72 bits per heavy atom. The van der Waals surface area contributed by atoms with Gasteiger partial charge in [0.25, 0.3) is 0 Å². The number of nitrogens with zero attached hydrogens (tertiary/aromatic N) is 1. The van der Waals surface area contributed by atoms with Crippen LogP contribution in [0.4, 0.5) is 0 Å². The first-order chi connectivity index (χ1) is 8.72. The Hall–Kier alpha value is -1.87. The number of benzene rings is 1. The highest BCUT2D eigenvalue weighted by Gasteiger charge is 2.11. The van der Waals surface area contributed by atoms with Gasteiger partial charge < -0.3 is 9.84 Å². The lowest BCUT2D eigenvalue weighted by Gasteiger charge is -2.13. The average Bonchev–Trinajstić information content (AvgIpc) is 2.40. The Bertz CT molecular complexity index is 523. The number of rotatable bonds is 4. The first-order valence-electron chi connectivity index (χ1n) is 6.11. The number of aromatic nitrogens is 1. The van der Waals surface area contributed by atoms with E-state index in [1.807, 2.05) is 30.3 Å². The summed E-state index contributed by atoms with van der Waals surface area (Å²) in [5.41, 5.74) is 1.82. The molecule has 2 rings (SSSR count). The third-order valence-corrected chi connectivity index (χ3v) is 2.81. The van der Waals surface area contributed by atoms with Gasteiger partial charge in [0.05, 0.1) is 6.10 Å². The predicted molar refractivity (Wildman–Crippen MR) is 70.8 cm³/mol. The Balaban J connectivity index is 2.34. The van der Waals surface area contributed by atoms with E-state index in [0.717, 1.165) is 17.7 Å². The highest BCUT2D eigenvalue weighted by molar-refractivity contribution is 5.38. The minimum absolute atomic E-state index is 0.466. The maximum Gasteiger partial charge on any atom is 0.225 e. The molecule has 1 aromatic carbocycles. The minimum atomic E-state index is -0.595. The topological polar surface area (TPSA) is 42.4 Å². The summed E-state index contributed by atoms with van der Waals surface area (Å²) >= 11 is 0. The number of ether oxygens (including phenoxy) is 1. The molecule has 1 atom stereocenters. The Labute approximate surface area is 107 Å². The molecule has 0 fully saturated rings. The summed E-state index contributed by atoms with van der Waals surface area (Å²) in [5.74, 6) is 1.26.